The van der Waals surface area contributed by atoms with Gasteiger partial charge in [0.15, 0.2) is 0 Å². The number of carbonyl (C=O) groups excluding carboxylic acids is 1. The molecule has 0 aromatic carbocycles. The van der Waals surface area contributed by atoms with Gasteiger partial charge in [0.1, 0.15) is 5.54 Å². The van der Waals surface area contributed by atoms with E-state index < -0.39 is 11.5 Å². The van der Waals surface area contributed by atoms with Crippen molar-refractivity contribution in [3.05, 3.63) is 0 Å². The third-order valence-corrected chi connectivity index (χ3v) is 2.63. The second kappa shape index (κ2) is 5.72. The van der Waals surface area contributed by atoms with E-state index in [1.165, 1.54) is 18.7 Å². The first-order valence-electron chi connectivity index (χ1n) is 5.55. The molecule has 5 nitrogen and oxygen atoms in total. The van der Waals surface area contributed by atoms with Gasteiger partial charge >= 0.3 is 12.0 Å². The predicted molar refractivity (Wildman–Crippen MR) is 62.4 cm³/mol. The lowest BCUT2D eigenvalue weighted by Crippen LogP contribution is -2.56. The van der Waals surface area contributed by atoms with Crippen LogP contribution >= 0.6 is 0 Å². The third kappa shape index (κ3) is 3.12. The van der Waals surface area contributed by atoms with E-state index in [1.807, 2.05) is 6.92 Å². The van der Waals surface area contributed by atoms with Crippen molar-refractivity contribution in [2.24, 2.45) is 0 Å². The van der Waals surface area contributed by atoms with Gasteiger partial charge in [0.05, 0.1) is 0 Å². The lowest BCUT2D eigenvalue weighted by Gasteiger charge is -2.36. The Morgan fingerprint density at radius 3 is 2.06 bits per heavy atom. The van der Waals surface area contributed by atoms with Crippen LogP contribution in [0.25, 0.3) is 0 Å². The first kappa shape index (κ1) is 14.7. The molecule has 2 amide bonds. The summed E-state index contributed by atoms with van der Waals surface area (Å²) in [6.07, 6.45) is 0.854. The highest BCUT2D eigenvalue weighted by atomic mass is 16.4. The van der Waals surface area contributed by atoms with Gasteiger partial charge in [0.2, 0.25) is 0 Å². The maximum Gasteiger partial charge on any atom is 0.329 e. The van der Waals surface area contributed by atoms with E-state index in [0.29, 0.717) is 13.1 Å². The van der Waals surface area contributed by atoms with Crippen LogP contribution in [-0.2, 0) is 4.79 Å². The highest BCUT2D eigenvalue weighted by Gasteiger charge is 2.37. The normalized spacial score (nSPS) is 11.1. The number of carboxylic acid groups (broad SMARTS) is 1. The number of rotatable bonds is 5. The molecule has 0 spiro atoms. The average Bonchev–Trinajstić information content (AvgIpc) is 2.18. The Labute approximate surface area is 97.0 Å². The molecule has 0 aliphatic carbocycles. The number of urea groups is 1. The van der Waals surface area contributed by atoms with Crippen molar-refractivity contribution in [3.8, 4) is 0 Å². The van der Waals surface area contributed by atoms with Gasteiger partial charge in [-0.25, -0.2) is 9.59 Å². The van der Waals surface area contributed by atoms with Crippen LogP contribution in [0, 0.1) is 0 Å². The van der Waals surface area contributed by atoms with E-state index in [-0.39, 0.29) is 6.03 Å². The molecule has 0 aliphatic rings. The number of nitrogens with zero attached hydrogens (tertiary/aromatic N) is 2. The Morgan fingerprint density at radius 1 is 1.25 bits per heavy atom. The van der Waals surface area contributed by atoms with Crippen molar-refractivity contribution in [1.82, 2.24) is 9.80 Å². The van der Waals surface area contributed by atoms with Crippen molar-refractivity contribution in [3.63, 3.8) is 0 Å². The molecule has 0 aliphatic heterocycles. The zero-order valence-corrected chi connectivity index (χ0v) is 10.8. The van der Waals surface area contributed by atoms with Crippen molar-refractivity contribution in [1.29, 1.82) is 0 Å². The zero-order chi connectivity index (χ0) is 12.9. The molecule has 0 bridgehead atoms. The topological polar surface area (TPSA) is 60.9 Å². The molecule has 1 N–H and O–H groups in total. The number of carbonyl (C=O) groups is 2. The van der Waals surface area contributed by atoms with E-state index in [9.17, 15) is 9.59 Å². The van der Waals surface area contributed by atoms with E-state index in [1.54, 1.807) is 18.9 Å². The van der Waals surface area contributed by atoms with E-state index >= 15 is 0 Å². The van der Waals surface area contributed by atoms with Crippen LogP contribution in [-0.4, -0.2) is 52.6 Å². The van der Waals surface area contributed by atoms with Crippen molar-refractivity contribution >= 4 is 12.0 Å². The Kier molecular flexibility index (Phi) is 5.27. The smallest absolute Gasteiger partial charge is 0.329 e. The van der Waals surface area contributed by atoms with E-state index in [2.05, 4.69) is 0 Å². The molecular formula is C11H22N2O3. The van der Waals surface area contributed by atoms with Crippen molar-refractivity contribution in [2.45, 2.75) is 39.7 Å². The standard InChI is InChI=1S/C11H22N2O3/c1-6-8-12(5)10(16)13(7-2)11(3,4)9(14)15/h6-8H2,1-5H3,(H,14,15). The minimum absolute atomic E-state index is 0.239. The van der Waals surface area contributed by atoms with Gasteiger partial charge in [-0.2, -0.15) is 0 Å². The number of likely N-dealkylation sites (N-methyl/N-ethyl adjacent to an activating group) is 1. The van der Waals surface area contributed by atoms with Crippen LogP contribution < -0.4 is 0 Å². The molecule has 0 radical (unpaired) electrons. The summed E-state index contributed by atoms with van der Waals surface area (Å²) in [6.45, 7) is 7.84. The minimum atomic E-state index is -1.17. The molecule has 0 rings (SSSR count). The highest BCUT2D eigenvalue weighted by Crippen LogP contribution is 2.16. The van der Waals surface area contributed by atoms with Gasteiger partial charge in [-0.1, -0.05) is 6.92 Å². The average molecular weight is 230 g/mol. The van der Waals surface area contributed by atoms with Crippen molar-refractivity contribution < 1.29 is 14.7 Å². The van der Waals surface area contributed by atoms with Crippen LogP contribution in [0.2, 0.25) is 0 Å². The SMILES string of the molecule is CCCN(C)C(=O)N(CC)C(C)(C)C(=O)O. The van der Waals surface area contributed by atoms with Crippen LogP contribution in [0.4, 0.5) is 4.79 Å². The van der Waals surface area contributed by atoms with Gasteiger partial charge in [-0.3, -0.25) is 0 Å². The lowest BCUT2D eigenvalue weighted by atomic mass is 10.0. The minimum Gasteiger partial charge on any atom is -0.480 e. The Balaban J connectivity index is 4.86. The fourth-order valence-corrected chi connectivity index (χ4v) is 1.52. The van der Waals surface area contributed by atoms with Gasteiger partial charge < -0.3 is 14.9 Å². The molecular weight excluding hydrogens is 208 g/mol. The number of amides is 2. The summed E-state index contributed by atoms with van der Waals surface area (Å²) in [7, 11) is 1.69. The summed E-state index contributed by atoms with van der Waals surface area (Å²) in [4.78, 5) is 26.0. The van der Waals surface area contributed by atoms with Crippen LogP contribution in [0.5, 0.6) is 0 Å². The van der Waals surface area contributed by atoms with Crippen LogP contribution in [0.15, 0.2) is 0 Å². The molecule has 0 atom stereocenters. The maximum atomic E-state index is 12.0. The van der Waals surface area contributed by atoms with E-state index in [4.69, 9.17) is 5.11 Å². The molecule has 94 valence electrons. The third-order valence-electron chi connectivity index (χ3n) is 2.63. The summed E-state index contributed by atoms with van der Waals surface area (Å²) in [5, 5.41) is 9.09. The zero-order valence-electron chi connectivity index (χ0n) is 10.8. The monoisotopic (exact) mass is 230 g/mol. The van der Waals surface area contributed by atoms with Gasteiger partial charge in [0, 0.05) is 20.1 Å². The summed E-state index contributed by atoms with van der Waals surface area (Å²) >= 11 is 0. The first-order valence-corrected chi connectivity index (χ1v) is 5.55. The van der Waals surface area contributed by atoms with Crippen molar-refractivity contribution in [2.75, 3.05) is 20.1 Å². The van der Waals surface area contributed by atoms with Gasteiger partial charge in [-0.05, 0) is 27.2 Å². The summed E-state index contributed by atoms with van der Waals surface area (Å²) in [6, 6.07) is -0.239. The number of carboxylic acids is 1. The van der Waals surface area contributed by atoms with Crippen LogP contribution in [0.3, 0.4) is 0 Å². The molecule has 5 heteroatoms. The first-order chi connectivity index (χ1) is 7.28. The molecule has 0 saturated carbocycles. The molecule has 0 aromatic heterocycles. The predicted octanol–water partition coefficient (Wildman–Crippen LogP) is 1.63. The largest absolute Gasteiger partial charge is 0.480 e. The number of aliphatic carboxylic acids is 1. The Morgan fingerprint density at radius 2 is 1.75 bits per heavy atom. The summed E-state index contributed by atoms with van der Waals surface area (Å²) in [5.74, 6) is -0.993. The highest BCUT2D eigenvalue weighted by molar-refractivity contribution is 5.85. The summed E-state index contributed by atoms with van der Waals surface area (Å²) < 4.78 is 0. The second-order valence-corrected chi connectivity index (χ2v) is 4.31. The lowest BCUT2D eigenvalue weighted by molar-refractivity contribution is -0.147. The fraction of sp³-hybridized carbons (Fsp3) is 0.818. The Hall–Kier alpha value is -1.26. The quantitative estimate of drug-likeness (QED) is 0.781. The molecule has 0 unspecified atom stereocenters. The molecule has 0 saturated heterocycles. The van der Waals surface area contributed by atoms with Gasteiger partial charge in [-0.15, -0.1) is 0 Å². The molecule has 16 heavy (non-hydrogen) atoms. The Bertz CT molecular complexity index is 264. The molecule has 0 fully saturated rings. The maximum absolute atomic E-state index is 12.0. The van der Waals surface area contributed by atoms with E-state index in [0.717, 1.165) is 6.42 Å². The molecule has 0 heterocycles. The van der Waals surface area contributed by atoms with Gasteiger partial charge in [0.25, 0.3) is 0 Å². The molecule has 0 aromatic rings. The fourth-order valence-electron chi connectivity index (χ4n) is 1.52. The number of hydrogen-bond acceptors (Lipinski definition) is 2. The van der Waals surface area contributed by atoms with Crippen LogP contribution in [0.1, 0.15) is 34.1 Å². The second-order valence-electron chi connectivity index (χ2n) is 4.31. The summed E-state index contributed by atoms with van der Waals surface area (Å²) in [5.41, 5.74) is -1.17. The number of hydrogen-bond donors (Lipinski definition) is 1.